The minimum atomic E-state index is -1.68. The number of carbonyl (C=O) groups is 2. The van der Waals surface area contributed by atoms with E-state index < -0.39 is 73.4 Å². The van der Waals surface area contributed by atoms with E-state index in [1.54, 1.807) is 36.7 Å². The van der Waals surface area contributed by atoms with Gasteiger partial charge in [0.15, 0.2) is 24.7 Å². The van der Waals surface area contributed by atoms with Gasteiger partial charge in [-0.3, -0.25) is 0 Å². The van der Waals surface area contributed by atoms with Crippen molar-refractivity contribution in [1.29, 1.82) is 0 Å². The summed E-state index contributed by atoms with van der Waals surface area (Å²) < 4.78 is 17.9. The van der Waals surface area contributed by atoms with Gasteiger partial charge < -0.3 is 49.6 Å². The third-order valence-electron chi connectivity index (χ3n) is 6.18. The Morgan fingerprint density at radius 2 is 1.97 bits per heavy atom. The molecule has 0 amide bonds. The summed E-state index contributed by atoms with van der Waals surface area (Å²) >= 11 is 0. The van der Waals surface area contributed by atoms with Crippen LogP contribution in [-0.2, 0) is 23.8 Å². The summed E-state index contributed by atoms with van der Waals surface area (Å²) in [6, 6.07) is 2.41. The second-order valence-corrected chi connectivity index (χ2v) is 8.49. The van der Waals surface area contributed by atoms with Crippen molar-refractivity contribution in [3.63, 3.8) is 0 Å². The van der Waals surface area contributed by atoms with Gasteiger partial charge in [-0.15, -0.1) is 6.58 Å². The molecule has 1 fully saturated rings. The van der Waals surface area contributed by atoms with E-state index in [9.17, 15) is 40.2 Å². The predicted octanol–water partition coefficient (Wildman–Crippen LogP) is -2.14. The van der Waals surface area contributed by atoms with Crippen molar-refractivity contribution in [1.82, 2.24) is 0 Å². The highest BCUT2D eigenvalue weighted by Crippen LogP contribution is 2.36. The maximum absolute atomic E-state index is 11.9. The van der Waals surface area contributed by atoms with Crippen molar-refractivity contribution in [2.45, 2.75) is 50.0 Å². The third kappa shape index (κ3) is 5.81. The normalized spacial score (nSPS) is 33.4. The van der Waals surface area contributed by atoms with E-state index in [0.29, 0.717) is 5.56 Å². The molecule has 1 aromatic heterocycles. The summed E-state index contributed by atoms with van der Waals surface area (Å²) in [5.74, 6) is -4.14. The molecule has 12 heteroatoms. The van der Waals surface area contributed by atoms with Gasteiger partial charge in [-0.25, -0.2) is 4.79 Å². The standard InChI is InChI=1S/C24H29NO11/c1-3-14-15(7-6-13-5-4-8-25(9-13)12(2)21(30)31)16(22(32)33)11-34-23(14)36-24-20(29)19(28)18(27)17(10-26)35-24/h3-9,11-12,14-15,17-20,23-24,26-29H,1,10H2,2H3,(H-,30,31,32,33)/b7-6+/t12-,14+,15-,17+,18+,19-,20+,23-,24-/m0/s1. The lowest BCUT2D eigenvalue weighted by Gasteiger charge is -2.42. The highest BCUT2D eigenvalue weighted by atomic mass is 16.8. The monoisotopic (exact) mass is 507 g/mol. The Hall–Kier alpha value is -3.13. The van der Waals surface area contributed by atoms with Gasteiger partial charge >= 0.3 is 5.97 Å². The third-order valence-corrected chi connectivity index (χ3v) is 6.18. The molecule has 1 saturated heterocycles. The highest BCUT2D eigenvalue weighted by molar-refractivity contribution is 5.88. The van der Waals surface area contributed by atoms with Crippen LogP contribution in [0.1, 0.15) is 18.5 Å². The van der Waals surface area contributed by atoms with Gasteiger partial charge in [0, 0.05) is 24.5 Å². The number of carboxylic acids is 2. The van der Waals surface area contributed by atoms with E-state index in [4.69, 9.17) is 14.2 Å². The van der Waals surface area contributed by atoms with Gasteiger partial charge in [0.25, 0.3) is 0 Å². The zero-order valence-corrected chi connectivity index (χ0v) is 19.4. The molecule has 0 aromatic carbocycles. The number of rotatable bonds is 9. The average Bonchev–Trinajstić information content (AvgIpc) is 2.86. The van der Waals surface area contributed by atoms with Crippen LogP contribution in [0.15, 0.2) is 55.1 Å². The molecule has 5 N–H and O–H groups in total. The molecule has 3 heterocycles. The van der Waals surface area contributed by atoms with Crippen LogP contribution in [0.4, 0.5) is 0 Å². The fraction of sp³-hybridized carbons (Fsp3) is 0.458. The number of aromatic nitrogens is 1. The van der Waals surface area contributed by atoms with Gasteiger partial charge in [0.1, 0.15) is 30.4 Å². The second kappa shape index (κ2) is 11.7. The lowest BCUT2D eigenvalue weighted by Crippen LogP contribution is -2.60. The molecule has 2 aliphatic heterocycles. The van der Waals surface area contributed by atoms with Crippen LogP contribution in [0.2, 0.25) is 0 Å². The first-order valence-corrected chi connectivity index (χ1v) is 11.2. The number of hydrogen-bond donors (Lipinski definition) is 5. The van der Waals surface area contributed by atoms with E-state index in [0.717, 1.165) is 6.26 Å². The topological polar surface area (TPSA) is 190 Å². The summed E-state index contributed by atoms with van der Waals surface area (Å²) in [5, 5.41) is 60.5. The summed E-state index contributed by atoms with van der Waals surface area (Å²) in [7, 11) is 0. The molecule has 0 spiro atoms. The molecule has 3 rings (SSSR count). The molecule has 1 aromatic rings. The van der Waals surface area contributed by atoms with Crippen LogP contribution in [0.3, 0.4) is 0 Å². The molecule has 36 heavy (non-hydrogen) atoms. The van der Waals surface area contributed by atoms with Crippen molar-refractivity contribution in [3.8, 4) is 0 Å². The van der Waals surface area contributed by atoms with E-state index in [1.165, 1.54) is 17.6 Å². The fourth-order valence-corrected chi connectivity index (χ4v) is 3.99. The van der Waals surface area contributed by atoms with Gasteiger partial charge in [-0.1, -0.05) is 18.2 Å². The quantitative estimate of drug-likeness (QED) is 0.181. The number of hydrogen-bond acceptors (Lipinski definition) is 10. The molecular formula is C24H29NO11. The maximum atomic E-state index is 11.9. The Labute approximate surface area is 206 Å². The summed E-state index contributed by atoms with van der Waals surface area (Å²) in [4.78, 5) is 23.1. The lowest BCUT2D eigenvalue weighted by molar-refractivity contribution is -0.712. The number of aliphatic carboxylic acids is 2. The Balaban J connectivity index is 1.86. The van der Waals surface area contributed by atoms with Gasteiger partial charge in [-0.05, 0) is 6.07 Å². The SMILES string of the molecule is C=C[C@H]1[C@H](O[C@@H]2O[C@H](CO)[C@@H](O)[C@H](O)[C@H]2O)OC=C(C(=O)O)[C@H]1/C=C/c1ccc[n+]([C@@H](C)C(=O)[O-])c1. The molecule has 196 valence electrons. The van der Waals surface area contributed by atoms with Crippen LogP contribution >= 0.6 is 0 Å². The van der Waals surface area contributed by atoms with Gasteiger partial charge in [0.2, 0.25) is 6.29 Å². The maximum Gasteiger partial charge on any atom is 0.335 e. The molecule has 0 unspecified atom stereocenters. The zero-order chi connectivity index (χ0) is 26.6. The minimum absolute atomic E-state index is 0.114. The number of carboxylic acid groups (broad SMARTS) is 2. The van der Waals surface area contributed by atoms with Crippen LogP contribution in [-0.4, -0.2) is 81.1 Å². The Morgan fingerprint density at radius 3 is 2.58 bits per heavy atom. The van der Waals surface area contributed by atoms with Crippen LogP contribution in [0.25, 0.3) is 6.08 Å². The second-order valence-electron chi connectivity index (χ2n) is 8.49. The zero-order valence-electron chi connectivity index (χ0n) is 19.4. The van der Waals surface area contributed by atoms with Crippen LogP contribution < -0.4 is 9.67 Å². The molecule has 0 saturated carbocycles. The Morgan fingerprint density at radius 1 is 1.25 bits per heavy atom. The lowest BCUT2D eigenvalue weighted by atomic mass is 9.83. The molecule has 2 aliphatic rings. The number of pyridine rings is 1. The molecule has 9 atom stereocenters. The van der Waals surface area contributed by atoms with E-state index >= 15 is 0 Å². The van der Waals surface area contributed by atoms with Crippen molar-refractivity contribution < 1.29 is 59.0 Å². The fourth-order valence-electron chi connectivity index (χ4n) is 3.99. The first-order valence-electron chi connectivity index (χ1n) is 11.2. The first-order chi connectivity index (χ1) is 17.1. The van der Waals surface area contributed by atoms with Crippen molar-refractivity contribution in [3.05, 3.63) is 60.7 Å². The number of carbonyl (C=O) groups excluding carboxylic acids is 1. The number of ether oxygens (including phenoxy) is 3. The van der Waals surface area contributed by atoms with Crippen molar-refractivity contribution in [2.24, 2.45) is 11.8 Å². The molecule has 0 bridgehead atoms. The van der Waals surface area contributed by atoms with E-state index in [-0.39, 0.29) is 5.57 Å². The number of nitrogens with zero attached hydrogens (tertiary/aromatic N) is 1. The number of aliphatic hydroxyl groups is 4. The predicted molar refractivity (Wildman–Crippen MR) is 118 cm³/mol. The minimum Gasteiger partial charge on any atom is -0.543 e. The van der Waals surface area contributed by atoms with Crippen LogP contribution in [0.5, 0.6) is 0 Å². The van der Waals surface area contributed by atoms with Crippen LogP contribution in [0, 0.1) is 11.8 Å². The number of allylic oxidation sites excluding steroid dienone is 1. The van der Waals surface area contributed by atoms with Gasteiger partial charge in [0.05, 0.1) is 24.4 Å². The van der Waals surface area contributed by atoms with Crippen molar-refractivity contribution in [2.75, 3.05) is 6.61 Å². The first kappa shape index (κ1) is 27.5. The van der Waals surface area contributed by atoms with Gasteiger partial charge in [-0.2, -0.15) is 4.57 Å². The highest BCUT2D eigenvalue weighted by Gasteiger charge is 2.47. The van der Waals surface area contributed by atoms with Crippen molar-refractivity contribution >= 4 is 18.0 Å². The molecule has 0 aliphatic carbocycles. The summed E-state index contributed by atoms with van der Waals surface area (Å²) in [6.45, 7) is 4.55. The summed E-state index contributed by atoms with van der Waals surface area (Å²) in [5.41, 5.74) is 0.466. The Kier molecular flexibility index (Phi) is 8.95. The smallest absolute Gasteiger partial charge is 0.335 e. The Bertz CT molecular complexity index is 1020. The molecule has 0 radical (unpaired) electrons. The molecule has 12 nitrogen and oxygen atoms in total. The largest absolute Gasteiger partial charge is 0.543 e. The number of aliphatic hydroxyl groups excluding tert-OH is 4. The van der Waals surface area contributed by atoms with E-state index in [1.807, 2.05) is 0 Å². The van der Waals surface area contributed by atoms with E-state index in [2.05, 4.69) is 6.58 Å². The molecular weight excluding hydrogens is 478 g/mol. The average molecular weight is 507 g/mol. The summed E-state index contributed by atoms with van der Waals surface area (Å²) in [6.07, 6.45) is -0.133.